The van der Waals surface area contributed by atoms with Crippen molar-refractivity contribution in [1.82, 2.24) is 5.32 Å². The largest absolute Gasteiger partial charge is 0.454 e. The highest BCUT2D eigenvalue weighted by molar-refractivity contribution is 5.53. The lowest BCUT2D eigenvalue weighted by molar-refractivity contribution is 0.162. The Morgan fingerprint density at radius 3 is 3.11 bits per heavy atom. The Morgan fingerprint density at radius 1 is 1.39 bits per heavy atom. The summed E-state index contributed by atoms with van der Waals surface area (Å²) in [5.41, 5.74) is 2.49. The zero-order valence-corrected chi connectivity index (χ0v) is 10.7. The summed E-state index contributed by atoms with van der Waals surface area (Å²) in [6.45, 7) is 3.06. The Morgan fingerprint density at radius 2 is 2.33 bits per heavy atom. The topological polar surface area (TPSA) is 39.7 Å². The second kappa shape index (κ2) is 5.16. The van der Waals surface area contributed by atoms with Crippen molar-refractivity contribution in [2.24, 2.45) is 0 Å². The number of hydrogen-bond acceptors (Lipinski definition) is 4. The molecule has 0 amide bonds. The van der Waals surface area contributed by atoms with Gasteiger partial charge in [0, 0.05) is 19.2 Å². The summed E-state index contributed by atoms with van der Waals surface area (Å²) in [4.78, 5) is 0. The average molecular weight is 249 g/mol. The fourth-order valence-corrected chi connectivity index (χ4v) is 2.84. The van der Waals surface area contributed by atoms with E-state index in [1.54, 1.807) is 7.11 Å². The van der Waals surface area contributed by atoms with Gasteiger partial charge in [0.1, 0.15) is 0 Å². The van der Waals surface area contributed by atoms with Crippen molar-refractivity contribution >= 4 is 0 Å². The van der Waals surface area contributed by atoms with Crippen molar-refractivity contribution in [3.63, 3.8) is 0 Å². The lowest BCUT2D eigenvalue weighted by Gasteiger charge is -2.25. The lowest BCUT2D eigenvalue weighted by atomic mass is 9.88. The molecule has 1 saturated heterocycles. The number of ether oxygens (including phenoxy) is 3. The molecule has 0 spiro atoms. The van der Waals surface area contributed by atoms with Crippen molar-refractivity contribution in [2.75, 3.05) is 27.0 Å². The van der Waals surface area contributed by atoms with Crippen LogP contribution in [0, 0.1) is 0 Å². The smallest absolute Gasteiger partial charge is 0.231 e. The summed E-state index contributed by atoms with van der Waals surface area (Å²) in [7, 11) is 1.72. The SMILES string of the molecule is COCc1c(C2CCCNC2)ccc2c1OCO2. The number of fused-ring (bicyclic) bond motifs is 1. The van der Waals surface area contributed by atoms with Gasteiger partial charge >= 0.3 is 0 Å². The van der Waals surface area contributed by atoms with Crippen LogP contribution in [0.2, 0.25) is 0 Å². The fraction of sp³-hybridized carbons (Fsp3) is 0.571. The van der Waals surface area contributed by atoms with Crippen LogP contribution >= 0.6 is 0 Å². The highest BCUT2D eigenvalue weighted by Crippen LogP contribution is 2.41. The van der Waals surface area contributed by atoms with E-state index in [0.29, 0.717) is 19.3 Å². The van der Waals surface area contributed by atoms with Gasteiger partial charge in [-0.3, -0.25) is 0 Å². The van der Waals surface area contributed by atoms with Crippen molar-refractivity contribution in [3.05, 3.63) is 23.3 Å². The number of hydrogen-bond donors (Lipinski definition) is 1. The second-order valence-corrected chi connectivity index (χ2v) is 4.84. The van der Waals surface area contributed by atoms with Gasteiger partial charge in [0.2, 0.25) is 6.79 Å². The molecule has 1 unspecified atom stereocenters. The Balaban J connectivity index is 1.97. The molecule has 4 nitrogen and oxygen atoms in total. The van der Waals surface area contributed by atoms with E-state index in [0.717, 1.165) is 30.2 Å². The molecule has 2 aliphatic rings. The molecule has 18 heavy (non-hydrogen) atoms. The molecule has 1 aromatic rings. The van der Waals surface area contributed by atoms with Gasteiger partial charge in [-0.25, -0.2) is 0 Å². The first-order valence-corrected chi connectivity index (χ1v) is 6.51. The Bertz CT molecular complexity index is 427. The predicted octanol–water partition coefficient (Wildman–Crippen LogP) is 2.03. The standard InChI is InChI=1S/C14H19NO3/c1-16-8-12-11(10-3-2-6-15-7-10)4-5-13-14(12)18-9-17-13/h4-5,10,15H,2-3,6-9H2,1H3. The van der Waals surface area contributed by atoms with E-state index in [9.17, 15) is 0 Å². The molecular weight excluding hydrogens is 230 g/mol. The lowest BCUT2D eigenvalue weighted by Crippen LogP contribution is -2.29. The molecule has 0 bridgehead atoms. The van der Waals surface area contributed by atoms with Gasteiger partial charge in [0.05, 0.1) is 6.61 Å². The summed E-state index contributed by atoms with van der Waals surface area (Å²) in [6.07, 6.45) is 2.45. The van der Waals surface area contributed by atoms with Gasteiger partial charge in [-0.15, -0.1) is 0 Å². The quantitative estimate of drug-likeness (QED) is 0.889. The van der Waals surface area contributed by atoms with Gasteiger partial charge in [-0.1, -0.05) is 6.07 Å². The molecule has 2 heterocycles. The van der Waals surface area contributed by atoms with E-state index in [4.69, 9.17) is 14.2 Å². The summed E-state index contributed by atoms with van der Waals surface area (Å²) in [6, 6.07) is 4.19. The van der Waals surface area contributed by atoms with E-state index in [2.05, 4.69) is 11.4 Å². The van der Waals surface area contributed by atoms with Gasteiger partial charge in [0.15, 0.2) is 11.5 Å². The van der Waals surface area contributed by atoms with E-state index in [1.165, 1.54) is 18.4 Å². The van der Waals surface area contributed by atoms with E-state index in [1.807, 2.05) is 6.07 Å². The van der Waals surface area contributed by atoms with Crippen molar-refractivity contribution in [1.29, 1.82) is 0 Å². The third-order valence-electron chi connectivity index (χ3n) is 3.70. The number of nitrogens with one attached hydrogen (secondary N) is 1. The number of piperidine rings is 1. The van der Waals surface area contributed by atoms with E-state index < -0.39 is 0 Å². The Labute approximate surface area is 107 Å². The maximum atomic E-state index is 5.59. The third-order valence-corrected chi connectivity index (χ3v) is 3.70. The fourth-order valence-electron chi connectivity index (χ4n) is 2.84. The van der Waals surface area contributed by atoms with Crippen LogP contribution in [0.15, 0.2) is 12.1 Å². The molecule has 1 N–H and O–H groups in total. The van der Waals surface area contributed by atoms with Crippen molar-refractivity contribution in [3.8, 4) is 11.5 Å². The maximum Gasteiger partial charge on any atom is 0.231 e. The van der Waals surface area contributed by atoms with Gasteiger partial charge in [-0.2, -0.15) is 0 Å². The molecule has 0 saturated carbocycles. The minimum Gasteiger partial charge on any atom is -0.454 e. The maximum absolute atomic E-state index is 5.59. The highest BCUT2D eigenvalue weighted by atomic mass is 16.7. The number of benzene rings is 1. The molecule has 0 aliphatic carbocycles. The molecular formula is C14H19NO3. The Kier molecular flexibility index (Phi) is 3.39. The monoisotopic (exact) mass is 249 g/mol. The van der Waals surface area contributed by atoms with Crippen LogP contribution in [0.1, 0.15) is 29.9 Å². The Hall–Kier alpha value is -1.26. The first-order chi connectivity index (χ1) is 8.90. The summed E-state index contributed by atoms with van der Waals surface area (Å²) < 4.78 is 16.4. The first kappa shape index (κ1) is 11.8. The van der Waals surface area contributed by atoms with Gasteiger partial charge in [0.25, 0.3) is 0 Å². The third kappa shape index (κ3) is 2.06. The number of methoxy groups -OCH3 is 1. The molecule has 0 radical (unpaired) electrons. The van der Waals surface area contributed by atoms with Crippen LogP contribution in [0.4, 0.5) is 0 Å². The number of rotatable bonds is 3. The molecule has 1 atom stereocenters. The molecule has 4 heteroatoms. The van der Waals surface area contributed by atoms with Crippen molar-refractivity contribution in [2.45, 2.75) is 25.4 Å². The predicted molar refractivity (Wildman–Crippen MR) is 68.1 cm³/mol. The van der Waals surface area contributed by atoms with Crippen LogP contribution in [0.3, 0.4) is 0 Å². The van der Waals surface area contributed by atoms with Gasteiger partial charge in [-0.05, 0) is 36.9 Å². The zero-order chi connectivity index (χ0) is 12.4. The molecule has 2 aliphatic heterocycles. The van der Waals surface area contributed by atoms with Crippen LogP contribution < -0.4 is 14.8 Å². The molecule has 1 aromatic carbocycles. The average Bonchev–Trinajstić information content (AvgIpc) is 2.89. The van der Waals surface area contributed by atoms with Crippen LogP contribution in [-0.4, -0.2) is 27.0 Å². The molecule has 3 rings (SSSR count). The van der Waals surface area contributed by atoms with Crippen LogP contribution in [0.5, 0.6) is 11.5 Å². The highest BCUT2D eigenvalue weighted by Gasteiger charge is 2.25. The molecule has 1 fully saturated rings. The second-order valence-electron chi connectivity index (χ2n) is 4.84. The summed E-state index contributed by atoms with van der Waals surface area (Å²) in [5.74, 6) is 2.27. The minimum atomic E-state index is 0.318. The van der Waals surface area contributed by atoms with Gasteiger partial charge < -0.3 is 19.5 Å². The minimum absolute atomic E-state index is 0.318. The molecule has 0 aromatic heterocycles. The molecule has 98 valence electrons. The van der Waals surface area contributed by atoms with E-state index in [-0.39, 0.29) is 0 Å². The normalized spacial score (nSPS) is 22.2. The first-order valence-electron chi connectivity index (χ1n) is 6.51. The van der Waals surface area contributed by atoms with Crippen molar-refractivity contribution < 1.29 is 14.2 Å². The van der Waals surface area contributed by atoms with Crippen LogP contribution in [0.25, 0.3) is 0 Å². The zero-order valence-electron chi connectivity index (χ0n) is 10.7. The van der Waals surface area contributed by atoms with Crippen LogP contribution in [-0.2, 0) is 11.3 Å². The summed E-state index contributed by atoms with van der Waals surface area (Å²) in [5, 5.41) is 3.46. The van der Waals surface area contributed by atoms with E-state index >= 15 is 0 Å². The summed E-state index contributed by atoms with van der Waals surface area (Å²) >= 11 is 0.